The zero-order chi connectivity index (χ0) is 9.00. The molecule has 0 radical (unpaired) electrons. The van der Waals surface area contributed by atoms with Gasteiger partial charge in [0.05, 0.1) is 0 Å². The second kappa shape index (κ2) is 14.1. The standard InChI is InChI=1S/2K.Mg.H3O4P.H2O4S.4H/c;;;2*1-5(2,3)4;;;;/h;;;(H3,1,2,3,4);(H2,1,2,3,4);;;;/q2*+1;+2;;;4*-1. The number of rotatable bonds is 0. The van der Waals surface area contributed by atoms with Crippen molar-refractivity contribution in [2.75, 3.05) is 0 Å². The molecule has 72 valence electrons. The normalized spacial score (nSPS) is 9.00. The van der Waals surface area contributed by atoms with Gasteiger partial charge in [-0.05, 0) is 0 Å². The summed E-state index contributed by atoms with van der Waals surface area (Å²) in [5.41, 5.74) is 0. The molecule has 0 aliphatic heterocycles. The van der Waals surface area contributed by atoms with Crippen LogP contribution < -0.4 is 103 Å². The smallest absolute Gasteiger partial charge is 1.00 e. The summed E-state index contributed by atoms with van der Waals surface area (Å²) in [5, 5.41) is 0. The van der Waals surface area contributed by atoms with Gasteiger partial charge in [-0.1, -0.05) is 0 Å². The first-order valence-corrected chi connectivity index (χ1v) is 4.44. The van der Waals surface area contributed by atoms with Gasteiger partial charge in [0.2, 0.25) is 0 Å². The topological polar surface area (TPSA) is 152 Å². The fourth-order valence-corrected chi connectivity index (χ4v) is 0. The van der Waals surface area contributed by atoms with Gasteiger partial charge in [0, 0.05) is 0 Å². The molecule has 13 heteroatoms. The fourth-order valence-electron chi connectivity index (χ4n) is 0. The Morgan fingerprint density at radius 2 is 1.00 bits per heavy atom. The molecule has 0 atom stereocenters. The number of hydrogen-bond acceptors (Lipinski definition) is 3. The van der Waals surface area contributed by atoms with Crippen LogP contribution >= 0.6 is 7.82 Å². The Morgan fingerprint density at radius 1 is 1.00 bits per heavy atom. The summed E-state index contributed by atoms with van der Waals surface area (Å²) in [4.78, 5) is 21.6. The van der Waals surface area contributed by atoms with Gasteiger partial charge in [0.25, 0.3) is 0 Å². The second-order valence-electron chi connectivity index (χ2n) is 0.961. The van der Waals surface area contributed by atoms with Crippen molar-refractivity contribution < 1.29 is 145 Å². The minimum absolute atomic E-state index is 0. The Balaban J connectivity index is -0.00000000762. The molecule has 0 rings (SSSR count). The van der Waals surface area contributed by atoms with Crippen molar-refractivity contribution in [2.24, 2.45) is 0 Å². The molecule has 13 heavy (non-hydrogen) atoms. The molecule has 0 spiro atoms. The molecule has 0 amide bonds. The van der Waals surface area contributed by atoms with Crippen LogP contribution in [0, 0.1) is 0 Å². The van der Waals surface area contributed by atoms with Gasteiger partial charge < -0.3 is 20.4 Å². The average molecular weight is 303 g/mol. The van der Waals surface area contributed by atoms with E-state index in [1.54, 1.807) is 0 Å². The first kappa shape index (κ1) is 30.2. The van der Waals surface area contributed by atoms with E-state index in [2.05, 4.69) is 0 Å². The molecule has 0 aromatic heterocycles. The minimum Gasteiger partial charge on any atom is -1.00 e. The van der Waals surface area contributed by atoms with Crippen LogP contribution in [0.3, 0.4) is 0 Å². The molecular formula is H9K2MgO8PS. The average Bonchev–Trinajstić information content (AvgIpc) is 1.12. The summed E-state index contributed by atoms with van der Waals surface area (Å²) in [6.45, 7) is 0. The molecule has 0 saturated carbocycles. The quantitative estimate of drug-likeness (QED) is 0.168. The van der Waals surface area contributed by atoms with Gasteiger partial charge in [-0.15, -0.1) is 0 Å². The van der Waals surface area contributed by atoms with Crippen molar-refractivity contribution in [3.63, 3.8) is 0 Å². The summed E-state index contributed by atoms with van der Waals surface area (Å²) < 4.78 is 40.5. The molecule has 0 aliphatic rings. The molecule has 0 aliphatic carbocycles. The largest absolute Gasteiger partial charge is 2.00 e. The van der Waals surface area contributed by atoms with E-state index in [1.807, 2.05) is 0 Å². The molecule has 0 bridgehead atoms. The van der Waals surface area contributed by atoms with Gasteiger partial charge in [-0.25, -0.2) is 4.57 Å². The van der Waals surface area contributed by atoms with E-state index < -0.39 is 18.2 Å². The number of hydrogen-bond donors (Lipinski definition) is 5. The second-order valence-corrected chi connectivity index (χ2v) is 2.88. The van der Waals surface area contributed by atoms with Gasteiger partial charge in [0.15, 0.2) is 0 Å². The molecule has 5 N–H and O–H groups in total. The third-order valence-corrected chi connectivity index (χ3v) is 0. The predicted octanol–water partition coefficient (Wildman–Crippen LogP) is -7.50. The van der Waals surface area contributed by atoms with E-state index in [-0.39, 0.29) is 132 Å². The minimum atomic E-state index is -4.67. The van der Waals surface area contributed by atoms with E-state index in [9.17, 15) is 0 Å². The van der Waals surface area contributed by atoms with Gasteiger partial charge >= 0.3 is 144 Å². The number of phosphoric acid groups is 1. The maximum atomic E-state index is 8.88. The van der Waals surface area contributed by atoms with Gasteiger partial charge in [-0.2, -0.15) is 8.42 Å². The third kappa shape index (κ3) is 195. The van der Waals surface area contributed by atoms with Crippen LogP contribution in [0.2, 0.25) is 0 Å². The van der Waals surface area contributed by atoms with Crippen LogP contribution in [0.4, 0.5) is 0 Å². The Morgan fingerprint density at radius 3 is 1.00 bits per heavy atom. The SMILES string of the molecule is O=P(O)(O)O.O=S(=O)(O)O.[H-].[H-].[H-].[H-].[K+].[K+].[Mg+2]. The van der Waals surface area contributed by atoms with Crippen LogP contribution in [0.25, 0.3) is 0 Å². The Hall–Kier alpha value is 4.02. The van der Waals surface area contributed by atoms with Crippen LogP contribution in [0.1, 0.15) is 5.71 Å². The molecule has 0 aromatic rings. The summed E-state index contributed by atoms with van der Waals surface area (Å²) in [5.74, 6) is 0. The maximum absolute atomic E-state index is 8.88. The predicted molar refractivity (Wildman–Crippen MR) is 38.6 cm³/mol. The van der Waals surface area contributed by atoms with Crippen LogP contribution in [0.15, 0.2) is 0 Å². The van der Waals surface area contributed by atoms with Crippen molar-refractivity contribution >= 4 is 41.3 Å². The van der Waals surface area contributed by atoms with Crippen molar-refractivity contribution in [2.45, 2.75) is 0 Å². The van der Waals surface area contributed by atoms with Crippen molar-refractivity contribution in [3.8, 4) is 0 Å². The monoisotopic (exact) mass is 302 g/mol. The summed E-state index contributed by atoms with van der Waals surface area (Å²) >= 11 is 0. The van der Waals surface area contributed by atoms with E-state index in [4.69, 9.17) is 36.8 Å². The molecular weight excluding hydrogens is 294 g/mol. The van der Waals surface area contributed by atoms with Crippen LogP contribution in [0.5, 0.6) is 0 Å². The van der Waals surface area contributed by atoms with E-state index in [0.29, 0.717) is 0 Å². The van der Waals surface area contributed by atoms with E-state index in [0.717, 1.165) is 0 Å². The van der Waals surface area contributed by atoms with E-state index >= 15 is 0 Å². The van der Waals surface area contributed by atoms with Crippen molar-refractivity contribution in [3.05, 3.63) is 0 Å². The van der Waals surface area contributed by atoms with Crippen LogP contribution in [-0.2, 0) is 15.0 Å². The molecule has 8 nitrogen and oxygen atoms in total. The van der Waals surface area contributed by atoms with Crippen molar-refractivity contribution in [1.82, 2.24) is 0 Å². The zero-order valence-electron chi connectivity index (χ0n) is 11.0. The first-order valence-electron chi connectivity index (χ1n) is 1.48. The zero-order valence-corrected chi connectivity index (χ0v) is 16.4. The molecule has 0 unspecified atom stereocenters. The summed E-state index contributed by atoms with van der Waals surface area (Å²) in [7, 11) is -9.31. The Kier molecular flexibility index (Phi) is 32.7. The first-order chi connectivity index (χ1) is 4.00. The molecule has 0 saturated heterocycles. The van der Waals surface area contributed by atoms with Crippen molar-refractivity contribution in [1.29, 1.82) is 0 Å². The molecule has 0 fully saturated rings. The van der Waals surface area contributed by atoms with Gasteiger partial charge in [-0.3, -0.25) is 9.11 Å². The molecule has 0 heterocycles. The summed E-state index contributed by atoms with van der Waals surface area (Å²) in [6.07, 6.45) is 0. The van der Waals surface area contributed by atoms with Crippen LogP contribution in [-0.4, -0.2) is 55.3 Å². The fraction of sp³-hybridized carbons (Fsp3) is 0. The summed E-state index contributed by atoms with van der Waals surface area (Å²) in [6, 6.07) is 0. The third-order valence-electron chi connectivity index (χ3n) is 0. The van der Waals surface area contributed by atoms with E-state index in [1.165, 1.54) is 0 Å². The van der Waals surface area contributed by atoms with Gasteiger partial charge in [0.1, 0.15) is 0 Å². The Labute approximate surface area is 182 Å². The Bertz CT molecular complexity index is 213. The maximum Gasteiger partial charge on any atom is 2.00 e. The molecule has 0 aromatic carbocycles.